The molecule has 3 rings (SSSR count). The van der Waals surface area contributed by atoms with E-state index in [2.05, 4.69) is 0 Å². The van der Waals surface area contributed by atoms with Crippen molar-refractivity contribution >= 4 is 17.1 Å². The van der Waals surface area contributed by atoms with E-state index in [-0.39, 0.29) is 5.56 Å². The molecule has 0 aliphatic rings. The predicted molar refractivity (Wildman–Crippen MR) is 88.0 cm³/mol. The summed E-state index contributed by atoms with van der Waals surface area (Å²) in [5.41, 5.74) is 0.927. The van der Waals surface area contributed by atoms with Crippen molar-refractivity contribution in [3.8, 4) is 17.2 Å². The van der Waals surface area contributed by atoms with E-state index >= 15 is 0 Å². The molecule has 0 fully saturated rings. The van der Waals surface area contributed by atoms with E-state index < -0.39 is 0 Å². The fourth-order valence-electron chi connectivity index (χ4n) is 2.50. The first-order chi connectivity index (χ1) is 11.2. The van der Waals surface area contributed by atoms with E-state index in [1.54, 1.807) is 43.6 Å². The Balaban J connectivity index is 2.19. The van der Waals surface area contributed by atoms with Crippen LogP contribution in [0.2, 0.25) is 0 Å². The minimum atomic E-state index is -0.147. The van der Waals surface area contributed by atoms with Gasteiger partial charge in [-0.2, -0.15) is 0 Å². The van der Waals surface area contributed by atoms with Crippen LogP contribution in [0.15, 0.2) is 53.5 Å². The van der Waals surface area contributed by atoms with E-state index in [9.17, 15) is 9.59 Å². The van der Waals surface area contributed by atoms with Crippen molar-refractivity contribution in [1.29, 1.82) is 0 Å². The predicted octanol–water partition coefficient (Wildman–Crippen LogP) is 2.82. The first-order valence-electron chi connectivity index (χ1n) is 7.01. The van der Waals surface area contributed by atoms with Gasteiger partial charge in [-0.05, 0) is 41.8 Å². The van der Waals surface area contributed by atoms with E-state index in [1.807, 2.05) is 12.1 Å². The molecule has 1 heterocycles. The molecule has 0 unspecified atom stereocenters. The molecule has 0 bridgehead atoms. The highest BCUT2D eigenvalue weighted by Crippen LogP contribution is 2.22. The largest absolute Gasteiger partial charge is 0.497 e. The van der Waals surface area contributed by atoms with Crippen molar-refractivity contribution in [3.05, 3.63) is 64.6 Å². The molecule has 116 valence electrons. The second-order valence-corrected chi connectivity index (χ2v) is 4.99. The summed E-state index contributed by atoms with van der Waals surface area (Å²) in [5, 5.41) is 1.40. The third-order valence-electron chi connectivity index (χ3n) is 3.73. The van der Waals surface area contributed by atoms with Crippen LogP contribution in [0.5, 0.6) is 11.5 Å². The lowest BCUT2D eigenvalue weighted by atomic mass is 10.1. The zero-order chi connectivity index (χ0) is 16.4. The smallest absolute Gasteiger partial charge is 0.262 e. The zero-order valence-corrected chi connectivity index (χ0v) is 12.8. The third-order valence-corrected chi connectivity index (χ3v) is 3.73. The Hall–Kier alpha value is -3.08. The molecule has 0 atom stereocenters. The SMILES string of the molecule is COc1ccc2c(=O)n(-c3ccc(C=O)c(OC)c3)ccc2c1. The highest BCUT2D eigenvalue weighted by atomic mass is 16.5. The Morgan fingerprint density at radius 3 is 2.52 bits per heavy atom. The molecule has 0 N–H and O–H groups in total. The summed E-state index contributed by atoms with van der Waals surface area (Å²) in [6, 6.07) is 12.2. The number of pyridine rings is 1. The summed E-state index contributed by atoms with van der Waals surface area (Å²) in [6.07, 6.45) is 2.41. The molecule has 23 heavy (non-hydrogen) atoms. The Kier molecular flexibility index (Phi) is 3.85. The minimum absolute atomic E-state index is 0.147. The molecule has 3 aromatic rings. The average molecular weight is 309 g/mol. The summed E-state index contributed by atoms with van der Waals surface area (Å²) >= 11 is 0. The number of nitrogens with zero attached hydrogens (tertiary/aromatic N) is 1. The van der Waals surface area contributed by atoms with Crippen LogP contribution >= 0.6 is 0 Å². The van der Waals surface area contributed by atoms with E-state index in [0.717, 1.165) is 11.7 Å². The van der Waals surface area contributed by atoms with Gasteiger partial charge in [0.05, 0.1) is 25.5 Å². The number of benzene rings is 2. The first-order valence-corrected chi connectivity index (χ1v) is 7.01. The van der Waals surface area contributed by atoms with E-state index in [1.165, 1.54) is 11.7 Å². The Morgan fingerprint density at radius 2 is 1.83 bits per heavy atom. The van der Waals surface area contributed by atoms with Gasteiger partial charge in [0, 0.05) is 17.6 Å². The molecule has 2 aromatic carbocycles. The van der Waals surface area contributed by atoms with Crippen LogP contribution in [0.3, 0.4) is 0 Å². The Bertz CT molecular complexity index is 943. The lowest BCUT2D eigenvalue weighted by Crippen LogP contribution is -2.17. The first kappa shape index (κ1) is 14.8. The number of aromatic nitrogens is 1. The van der Waals surface area contributed by atoms with Gasteiger partial charge >= 0.3 is 0 Å². The van der Waals surface area contributed by atoms with Gasteiger partial charge in [0.1, 0.15) is 11.5 Å². The van der Waals surface area contributed by atoms with Gasteiger partial charge in [0.25, 0.3) is 5.56 Å². The minimum Gasteiger partial charge on any atom is -0.497 e. The van der Waals surface area contributed by atoms with Gasteiger partial charge in [-0.1, -0.05) is 0 Å². The maximum Gasteiger partial charge on any atom is 0.262 e. The molecule has 5 heteroatoms. The molecule has 0 spiro atoms. The summed E-state index contributed by atoms with van der Waals surface area (Å²) < 4.78 is 11.9. The van der Waals surface area contributed by atoms with Crippen molar-refractivity contribution < 1.29 is 14.3 Å². The third kappa shape index (κ3) is 2.57. The monoisotopic (exact) mass is 309 g/mol. The van der Waals surface area contributed by atoms with Crippen molar-refractivity contribution in [2.45, 2.75) is 0 Å². The second kappa shape index (κ2) is 5.96. The molecular weight excluding hydrogens is 294 g/mol. The summed E-state index contributed by atoms with van der Waals surface area (Å²) in [7, 11) is 3.07. The fourth-order valence-corrected chi connectivity index (χ4v) is 2.50. The molecule has 0 saturated carbocycles. The van der Waals surface area contributed by atoms with Crippen molar-refractivity contribution in [2.75, 3.05) is 14.2 Å². The van der Waals surface area contributed by atoms with Gasteiger partial charge < -0.3 is 9.47 Å². The molecule has 0 saturated heterocycles. The fraction of sp³-hybridized carbons (Fsp3) is 0.111. The molecule has 0 amide bonds. The lowest BCUT2D eigenvalue weighted by Gasteiger charge is -2.11. The van der Waals surface area contributed by atoms with Gasteiger partial charge in [-0.25, -0.2) is 0 Å². The van der Waals surface area contributed by atoms with Gasteiger partial charge in [0.15, 0.2) is 6.29 Å². The Labute approximate surface area is 132 Å². The Morgan fingerprint density at radius 1 is 1.00 bits per heavy atom. The maximum absolute atomic E-state index is 12.7. The number of hydrogen-bond donors (Lipinski definition) is 0. The molecule has 1 aromatic heterocycles. The average Bonchev–Trinajstić information content (AvgIpc) is 2.61. The van der Waals surface area contributed by atoms with Crippen LogP contribution in [0.25, 0.3) is 16.5 Å². The van der Waals surface area contributed by atoms with Crippen LogP contribution < -0.4 is 15.0 Å². The molecule has 5 nitrogen and oxygen atoms in total. The van der Waals surface area contributed by atoms with Crippen molar-refractivity contribution in [2.24, 2.45) is 0 Å². The molecule has 0 aliphatic carbocycles. The molecule has 0 radical (unpaired) electrons. The van der Waals surface area contributed by atoms with Crippen LogP contribution in [0.4, 0.5) is 0 Å². The number of fused-ring (bicyclic) bond motifs is 1. The summed E-state index contributed by atoms with van der Waals surface area (Å²) in [4.78, 5) is 23.7. The lowest BCUT2D eigenvalue weighted by molar-refractivity contribution is 0.112. The molecule has 0 aliphatic heterocycles. The summed E-state index contributed by atoms with van der Waals surface area (Å²) in [6.45, 7) is 0. The van der Waals surface area contributed by atoms with Gasteiger partial charge in [0.2, 0.25) is 0 Å². The van der Waals surface area contributed by atoms with Crippen molar-refractivity contribution in [1.82, 2.24) is 4.57 Å². The normalized spacial score (nSPS) is 10.5. The quantitative estimate of drug-likeness (QED) is 0.695. The number of aldehydes is 1. The van der Waals surface area contributed by atoms with Crippen LogP contribution in [-0.2, 0) is 0 Å². The topological polar surface area (TPSA) is 57.5 Å². The van der Waals surface area contributed by atoms with E-state index in [0.29, 0.717) is 28.1 Å². The number of carbonyl (C=O) groups is 1. The number of methoxy groups -OCH3 is 2. The van der Waals surface area contributed by atoms with Gasteiger partial charge in [-0.3, -0.25) is 14.2 Å². The van der Waals surface area contributed by atoms with E-state index in [4.69, 9.17) is 9.47 Å². The second-order valence-electron chi connectivity index (χ2n) is 4.99. The van der Waals surface area contributed by atoms with Crippen molar-refractivity contribution in [3.63, 3.8) is 0 Å². The number of carbonyl (C=O) groups excluding carboxylic acids is 1. The number of ether oxygens (including phenoxy) is 2. The van der Waals surface area contributed by atoms with Gasteiger partial charge in [-0.15, -0.1) is 0 Å². The number of rotatable bonds is 4. The van der Waals surface area contributed by atoms with Crippen LogP contribution in [0.1, 0.15) is 10.4 Å². The number of hydrogen-bond acceptors (Lipinski definition) is 4. The highest BCUT2D eigenvalue weighted by Gasteiger charge is 2.09. The van der Waals surface area contributed by atoms with Crippen LogP contribution in [0, 0.1) is 0 Å². The van der Waals surface area contributed by atoms with Crippen LogP contribution in [-0.4, -0.2) is 25.1 Å². The molecular formula is C18H15NO4. The highest BCUT2D eigenvalue weighted by molar-refractivity contribution is 5.83. The maximum atomic E-state index is 12.7. The zero-order valence-electron chi connectivity index (χ0n) is 12.8. The standard InChI is InChI=1S/C18H15NO4/c1-22-15-5-6-16-12(9-15)7-8-19(18(16)21)14-4-3-13(11-20)17(10-14)23-2/h3-11H,1-2H3. The summed E-state index contributed by atoms with van der Waals surface area (Å²) in [5.74, 6) is 1.13.